The second-order valence-electron chi connectivity index (χ2n) is 5.90. The lowest BCUT2D eigenvalue weighted by atomic mass is 10.0. The van der Waals surface area contributed by atoms with E-state index in [1.165, 1.54) is 0 Å². The molecule has 6 nitrogen and oxygen atoms in total. The molecule has 0 bridgehead atoms. The minimum Gasteiger partial charge on any atom is -0.508 e. The van der Waals surface area contributed by atoms with Crippen LogP contribution >= 0.6 is 38.5 Å². The van der Waals surface area contributed by atoms with Gasteiger partial charge in [0, 0.05) is 25.4 Å². The number of anilines is 1. The van der Waals surface area contributed by atoms with Crippen LogP contribution in [-0.2, 0) is 9.53 Å². The maximum atomic E-state index is 12.3. The zero-order chi connectivity index (χ0) is 20.5. The third-order valence-corrected chi connectivity index (χ3v) is 4.97. The van der Waals surface area contributed by atoms with Crippen molar-refractivity contribution in [3.05, 3.63) is 68.2 Å². The molecule has 0 aliphatic carbocycles. The van der Waals surface area contributed by atoms with Gasteiger partial charge in [-0.15, -0.1) is 0 Å². The summed E-state index contributed by atoms with van der Waals surface area (Å²) in [6, 6.07) is 12.2. The SMILES string of the molecule is O=C(O)/C=C/CCC[C@@H](OC(=O)Nc1ccc(Br)cc1)c1cc(I)ccc1O. The number of hydrogen-bond donors (Lipinski definition) is 3. The van der Waals surface area contributed by atoms with Crippen molar-refractivity contribution in [1.29, 1.82) is 0 Å². The Balaban J connectivity index is 2.08. The molecular formula is C20H19BrINO5. The van der Waals surface area contributed by atoms with Crippen LogP contribution in [-0.4, -0.2) is 22.3 Å². The number of allylic oxidation sites excluding steroid dienone is 1. The molecule has 0 aliphatic rings. The molecule has 0 saturated heterocycles. The number of phenols is 1. The van der Waals surface area contributed by atoms with Crippen LogP contribution < -0.4 is 5.32 Å². The molecule has 0 unspecified atom stereocenters. The number of aliphatic carboxylic acids is 1. The highest BCUT2D eigenvalue weighted by atomic mass is 127. The van der Waals surface area contributed by atoms with E-state index in [0.29, 0.717) is 30.5 Å². The highest BCUT2D eigenvalue weighted by Gasteiger charge is 2.20. The summed E-state index contributed by atoms with van der Waals surface area (Å²) >= 11 is 5.45. The Morgan fingerprint density at radius 1 is 1.21 bits per heavy atom. The fourth-order valence-electron chi connectivity index (χ4n) is 2.48. The van der Waals surface area contributed by atoms with E-state index in [9.17, 15) is 14.7 Å². The molecule has 8 heteroatoms. The van der Waals surface area contributed by atoms with Crippen LogP contribution in [0.25, 0.3) is 0 Å². The number of rotatable bonds is 8. The normalized spacial score (nSPS) is 11.9. The number of unbranched alkanes of at least 4 members (excludes halogenated alkanes) is 1. The van der Waals surface area contributed by atoms with Gasteiger partial charge in [0.2, 0.25) is 0 Å². The van der Waals surface area contributed by atoms with Gasteiger partial charge >= 0.3 is 12.1 Å². The van der Waals surface area contributed by atoms with Crippen molar-refractivity contribution in [2.45, 2.75) is 25.4 Å². The van der Waals surface area contributed by atoms with E-state index in [1.807, 2.05) is 0 Å². The zero-order valence-corrected chi connectivity index (χ0v) is 18.5. The molecule has 0 radical (unpaired) electrons. The number of aromatic hydroxyl groups is 1. The first-order chi connectivity index (χ1) is 13.3. The Labute approximate surface area is 184 Å². The minimum atomic E-state index is -1.00. The summed E-state index contributed by atoms with van der Waals surface area (Å²) in [6.07, 6.45) is 2.88. The van der Waals surface area contributed by atoms with Gasteiger partial charge in [0.15, 0.2) is 0 Å². The third-order valence-electron chi connectivity index (χ3n) is 3.77. The molecule has 28 heavy (non-hydrogen) atoms. The average molecular weight is 560 g/mol. The Morgan fingerprint density at radius 2 is 1.93 bits per heavy atom. The summed E-state index contributed by atoms with van der Waals surface area (Å²) in [5, 5.41) is 21.5. The maximum Gasteiger partial charge on any atom is 0.412 e. The van der Waals surface area contributed by atoms with Crippen LogP contribution in [0, 0.1) is 3.57 Å². The van der Waals surface area contributed by atoms with E-state index in [1.54, 1.807) is 48.5 Å². The smallest absolute Gasteiger partial charge is 0.412 e. The van der Waals surface area contributed by atoms with Crippen molar-refractivity contribution in [1.82, 2.24) is 0 Å². The number of carbonyl (C=O) groups excluding carboxylic acids is 1. The standard InChI is InChI=1S/C20H19BrINO5/c21-13-6-9-15(10-7-13)23-20(27)28-18(4-2-1-3-5-19(25)26)16-12-14(22)8-11-17(16)24/h3,5-12,18,24H,1-2,4H2,(H,23,27)(H,25,26)/b5-3+/t18-/m1/s1. The van der Waals surface area contributed by atoms with Crippen LogP contribution in [0.1, 0.15) is 30.9 Å². The first-order valence-corrected chi connectivity index (χ1v) is 10.3. The molecule has 2 aromatic carbocycles. The molecule has 148 valence electrons. The fraction of sp³-hybridized carbons (Fsp3) is 0.200. The second-order valence-corrected chi connectivity index (χ2v) is 8.06. The van der Waals surface area contributed by atoms with E-state index in [0.717, 1.165) is 14.1 Å². The van der Waals surface area contributed by atoms with Gasteiger partial charge in [0.05, 0.1) is 0 Å². The topological polar surface area (TPSA) is 95.9 Å². The summed E-state index contributed by atoms with van der Waals surface area (Å²) in [5.74, 6) is -0.958. The number of carboxylic acid groups (broad SMARTS) is 1. The summed E-state index contributed by atoms with van der Waals surface area (Å²) in [6.45, 7) is 0. The highest BCUT2D eigenvalue weighted by molar-refractivity contribution is 14.1. The molecule has 0 aromatic heterocycles. The maximum absolute atomic E-state index is 12.3. The van der Waals surface area contributed by atoms with Crippen LogP contribution in [0.4, 0.5) is 10.5 Å². The lowest BCUT2D eigenvalue weighted by Crippen LogP contribution is -2.18. The summed E-state index contributed by atoms with van der Waals surface area (Å²) in [5.41, 5.74) is 1.10. The van der Waals surface area contributed by atoms with Crippen molar-refractivity contribution in [2.24, 2.45) is 0 Å². The van der Waals surface area contributed by atoms with E-state index in [4.69, 9.17) is 9.84 Å². The van der Waals surface area contributed by atoms with E-state index in [2.05, 4.69) is 43.8 Å². The van der Waals surface area contributed by atoms with Crippen molar-refractivity contribution in [2.75, 3.05) is 5.32 Å². The number of carbonyl (C=O) groups is 2. The molecular weight excluding hydrogens is 541 g/mol. The number of ether oxygens (including phenoxy) is 1. The number of hydrogen-bond acceptors (Lipinski definition) is 4. The van der Waals surface area contributed by atoms with Crippen LogP contribution in [0.3, 0.4) is 0 Å². The first kappa shape index (κ1) is 22.2. The molecule has 0 fully saturated rings. The van der Waals surface area contributed by atoms with Crippen LogP contribution in [0.2, 0.25) is 0 Å². The summed E-state index contributed by atoms with van der Waals surface area (Å²) < 4.78 is 7.36. The van der Waals surface area contributed by atoms with Gasteiger partial charge < -0.3 is 14.9 Å². The Kier molecular flexibility index (Phi) is 8.78. The summed E-state index contributed by atoms with van der Waals surface area (Å²) in [4.78, 5) is 22.9. The van der Waals surface area contributed by atoms with Gasteiger partial charge in [0.25, 0.3) is 0 Å². The number of nitrogens with one attached hydrogen (secondary N) is 1. The lowest BCUT2D eigenvalue weighted by molar-refractivity contribution is -0.131. The zero-order valence-electron chi connectivity index (χ0n) is 14.8. The van der Waals surface area contributed by atoms with Crippen LogP contribution in [0.15, 0.2) is 59.1 Å². The number of amides is 1. The van der Waals surface area contributed by atoms with Crippen molar-refractivity contribution >= 4 is 56.3 Å². The number of phenolic OH excluding ortho intramolecular Hbond substituents is 1. The van der Waals surface area contributed by atoms with Gasteiger partial charge in [-0.2, -0.15) is 0 Å². The van der Waals surface area contributed by atoms with Crippen molar-refractivity contribution in [3.63, 3.8) is 0 Å². The Hall–Kier alpha value is -2.07. The van der Waals surface area contributed by atoms with Crippen LogP contribution in [0.5, 0.6) is 5.75 Å². The number of halogens is 2. The van der Waals surface area contributed by atoms with Gasteiger partial charge in [-0.3, -0.25) is 5.32 Å². The molecule has 2 rings (SSSR count). The number of benzene rings is 2. The van der Waals surface area contributed by atoms with Gasteiger partial charge in [0.1, 0.15) is 11.9 Å². The predicted octanol–water partition coefficient (Wildman–Crippen LogP) is 5.86. The predicted molar refractivity (Wildman–Crippen MR) is 118 cm³/mol. The highest BCUT2D eigenvalue weighted by Crippen LogP contribution is 2.32. The van der Waals surface area contributed by atoms with Crippen molar-refractivity contribution in [3.8, 4) is 5.75 Å². The van der Waals surface area contributed by atoms with Gasteiger partial charge in [-0.05, 0) is 84.3 Å². The Bertz CT molecular complexity index is 854. The van der Waals surface area contributed by atoms with E-state index >= 15 is 0 Å². The first-order valence-electron chi connectivity index (χ1n) is 8.46. The molecule has 2 aromatic rings. The summed E-state index contributed by atoms with van der Waals surface area (Å²) in [7, 11) is 0. The van der Waals surface area contributed by atoms with E-state index in [-0.39, 0.29) is 5.75 Å². The van der Waals surface area contributed by atoms with Crippen molar-refractivity contribution < 1.29 is 24.5 Å². The molecule has 0 saturated carbocycles. The molecule has 0 aliphatic heterocycles. The Morgan fingerprint density at radius 3 is 2.61 bits per heavy atom. The molecule has 3 N–H and O–H groups in total. The fourth-order valence-corrected chi connectivity index (χ4v) is 3.26. The largest absolute Gasteiger partial charge is 0.508 e. The second kappa shape index (κ2) is 11.1. The quantitative estimate of drug-likeness (QED) is 0.214. The lowest BCUT2D eigenvalue weighted by Gasteiger charge is -2.20. The average Bonchev–Trinajstić information content (AvgIpc) is 2.64. The molecule has 1 atom stereocenters. The van der Waals surface area contributed by atoms with E-state index < -0.39 is 18.2 Å². The third kappa shape index (κ3) is 7.51. The minimum absolute atomic E-state index is 0.0444. The van der Waals surface area contributed by atoms with Gasteiger partial charge in [-0.1, -0.05) is 22.0 Å². The monoisotopic (exact) mass is 559 g/mol. The number of carboxylic acids is 1. The molecule has 1 amide bonds. The molecule has 0 heterocycles. The molecule has 0 spiro atoms. The van der Waals surface area contributed by atoms with Gasteiger partial charge in [-0.25, -0.2) is 9.59 Å².